The second-order valence-electron chi connectivity index (χ2n) is 16.8. The zero-order chi connectivity index (χ0) is 30.6. The van der Waals surface area contributed by atoms with Crippen LogP contribution >= 0.6 is 0 Å². The lowest BCUT2D eigenvalue weighted by atomic mass is 9.44. The number of benzene rings is 2. The minimum absolute atomic E-state index is 0.384. The van der Waals surface area contributed by atoms with E-state index in [2.05, 4.69) is 102 Å². The summed E-state index contributed by atoms with van der Waals surface area (Å²) in [4.78, 5) is 5.45. The molecule has 0 spiro atoms. The monoisotopic (exact) mass is 587 g/mol. The minimum atomic E-state index is 0.384. The first-order chi connectivity index (χ1) is 21.2. The molecule has 8 atom stereocenters. The van der Waals surface area contributed by atoms with E-state index in [1.165, 1.54) is 92.2 Å². The lowest BCUT2D eigenvalue weighted by molar-refractivity contribution is -0.103. The molecule has 0 amide bonds. The third kappa shape index (κ3) is 5.19. The number of fused-ring (bicyclic) bond motifs is 6. The van der Waals surface area contributed by atoms with Crippen LogP contribution in [0.2, 0.25) is 0 Å². The van der Waals surface area contributed by atoms with Crippen molar-refractivity contribution in [1.82, 2.24) is 4.98 Å². The highest BCUT2D eigenvalue weighted by atomic mass is 14.7. The van der Waals surface area contributed by atoms with E-state index in [4.69, 9.17) is 4.98 Å². The maximum Gasteiger partial charge on any atom is 0.0711 e. The molecule has 1 heteroatoms. The second-order valence-corrected chi connectivity index (χ2v) is 16.8. The number of pyridine rings is 1. The normalized spacial score (nSPS) is 33.3. The fourth-order valence-corrected chi connectivity index (χ4v) is 11.5. The first-order valence-electron chi connectivity index (χ1n) is 18.3. The number of hydrogen-bond acceptors (Lipinski definition) is 1. The lowest BCUT2D eigenvalue weighted by Crippen LogP contribution is -2.54. The van der Waals surface area contributed by atoms with Gasteiger partial charge in [-0.05, 0) is 133 Å². The summed E-state index contributed by atoms with van der Waals surface area (Å²) in [6, 6.07) is 22.6. The van der Waals surface area contributed by atoms with Gasteiger partial charge in [-0.3, -0.25) is 4.98 Å². The molecule has 7 rings (SSSR count). The fraction of sp³-hybridized carbons (Fsp3) is 0.605. The van der Waals surface area contributed by atoms with Crippen LogP contribution in [0.3, 0.4) is 0 Å². The Hall–Kier alpha value is -2.41. The van der Waals surface area contributed by atoms with Crippen molar-refractivity contribution in [1.29, 1.82) is 0 Å². The molecule has 1 aromatic heterocycles. The Kier molecular flexibility index (Phi) is 8.08. The van der Waals surface area contributed by atoms with Gasteiger partial charge in [0.2, 0.25) is 0 Å². The zero-order valence-electron chi connectivity index (χ0n) is 28.5. The number of nitrogens with zero attached hydrogens (tertiary/aromatic N) is 1. The second kappa shape index (κ2) is 11.7. The van der Waals surface area contributed by atoms with Crippen LogP contribution < -0.4 is 0 Å². The molecular formula is C43H57N. The van der Waals surface area contributed by atoms with Crippen LogP contribution in [-0.4, -0.2) is 4.98 Å². The Bertz CT molecular complexity index is 1450. The quantitative estimate of drug-likeness (QED) is 0.268. The SMILES string of the molecule is Cc1ccc(-c2cc(-c3ccccc3)c3c(n2)C[C@@H]2CCC4C5CC[C@H]([C@@H](C)CCCC(C)C)[C@@]5(C)CCC4[C@@]2(C)C3)cc1. The lowest BCUT2D eigenvalue weighted by Gasteiger charge is -2.61. The van der Waals surface area contributed by atoms with Gasteiger partial charge < -0.3 is 0 Å². The number of rotatable bonds is 7. The highest BCUT2D eigenvalue weighted by molar-refractivity contribution is 5.75. The molecule has 0 aliphatic heterocycles. The Morgan fingerprint density at radius 2 is 1.55 bits per heavy atom. The van der Waals surface area contributed by atoms with Gasteiger partial charge in [0.25, 0.3) is 0 Å². The summed E-state index contributed by atoms with van der Waals surface area (Å²) in [6.45, 7) is 15.0. The summed E-state index contributed by atoms with van der Waals surface area (Å²) in [6.07, 6.45) is 15.4. The van der Waals surface area contributed by atoms with Gasteiger partial charge in [-0.1, -0.05) is 114 Å². The predicted octanol–water partition coefficient (Wildman–Crippen LogP) is 11.8. The third-order valence-electron chi connectivity index (χ3n) is 13.9. The molecule has 0 N–H and O–H groups in total. The highest BCUT2D eigenvalue weighted by Gasteiger charge is 2.60. The molecule has 3 aromatic rings. The van der Waals surface area contributed by atoms with Gasteiger partial charge in [0.05, 0.1) is 5.69 Å². The van der Waals surface area contributed by atoms with Crippen LogP contribution in [0.15, 0.2) is 60.7 Å². The Morgan fingerprint density at radius 1 is 0.795 bits per heavy atom. The summed E-state index contributed by atoms with van der Waals surface area (Å²) >= 11 is 0. The molecule has 1 heterocycles. The van der Waals surface area contributed by atoms with Crippen molar-refractivity contribution in [3.8, 4) is 22.4 Å². The van der Waals surface area contributed by atoms with Gasteiger partial charge in [0.15, 0.2) is 0 Å². The molecule has 44 heavy (non-hydrogen) atoms. The van der Waals surface area contributed by atoms with Crippen LogP contribution in [0.1, 0.15) is 109 Å². The standard InChI is InChI=1S/C43H57N/c1-28(2)11-10-12-30(4)37-21-22-38-34-20-19-33-25-41-36(27-43(33,6)39(34)23-24-42(37,38)5)35(31-13-8-7-9-14-31)26-40(44-41)32-17-15-29(3)16-18-32/h7-9,13-18,26,28,30,33-34,37-39H,10-12,19-25,27H2,1-6H3/t30-,33-,34?,37+,38?,39?,42+,43-/m0/s1. The van der Waals surface area contributed by atoms with Gasteiger partial charge in [0, 0.05) is 11.3 Å². The van der Waals surface area contributed by atoms with E-state index >= 15 is 0 Å². The van der Waals surface area contributed by atoms with E-state index in [0.717, 1.165) is 53.5 Å². The zero-order valence-corrected chi connectivity index (χ0v) is 28.5. The first-order valence-corrected chi connectivity index (χ1v) is 18.3. The Labute approximate surface area is 268 Å². The molecule has 0 saturated heterocycles. The summed E-state index contributed by atoms with van der Waals surface area (Å²) in [5.41, 5.74) is 10.4. The summed E-state index contributed by atoms with van der Waals surface area (Å²) in [5, 5.41) is 0. The minimum Gasteiger partial charge on any atom is -0.253 e. The number of aromatic nitrogens is 1. The Morgan fingerprint density at radius 3 is 2.30 bits per heavy atom. The van der Waals surface area contributed by atoms with Crippen molar-refractivity contribution in [3.05, 3.63) is 77.5 Å². The van der Waals surface area contributed by atoms with Crippen molar-refractivity contribution in [2.75, 3.05) is 0 Å². The summed E-state index contributed by atoms with van der Waals surface area (Å²) in [5.74, 6) is 6.15. The maximum absolute atomic E-state index is 5.45. The van der Waals surface area contributed by atoms with E-state index in [-0.39, 0.29) is 0 Å². The van der Waals surface area contributed by atoms with E-state index in [1.807, 2.05) is 0 Å². The summed E-state index contributed by atoms with van der Waals surface area (Å²) < 4.78 is 0. The summed E-state index contributed by atoms with van der Waals surface area (Å²) in [7, 11) is 0. The van der Waals surface area contributed by atoms with Crippen molar-refractivity contribution in [3.63, 3.8) is 0 Å². The predicted molar refractivity (Wildman–Crippen MR) is 186 cm³/mol. The largest absolute Gasteiger partial charge is 0.253 e. The molecule has 4 aliphatic carbocycles. The molecule has 3 unspecified atom stereocenters. The number of hydrogen-bond donors (Lipinski definition) is 0. The molecule has 234 valence electrons. The fourth-order valence-electron chi connectivity index (χ4n) is 11.5. The molecule has 2 aromatic carbocycles. The van der Waals surface area contributed by atoms with Crippen molar-refractivity contribution >= 4 is 0 Å². The molecule has 3 fully saturated rings. The van der Waals surface area contributed by atoms with E-state index in [1.54, 1.807) is 5.56 Å². The van der Waals surface area contributed by atoms with Gasteiger partial charge in [-0.25, -0.2) is 0 Å². The average Bonchev–Trinajstić information content (AvgIpc) is 3.37. The van der Waals surface area contributed by atoms with Crippen LogP contribution in [0.5, 0.6) is 0 Å². The van der Waals surface area contributed by atoms with E-state index in [9.17, 15) is 0 Å². The first kappa shape index (κ1) is 30.3. The highest BCUT2D eigenvalue weighted by Crippen LogP contribution is 2.68. The average molecular weight is 588 g/mol. The van der Waals surface area contributed by atoms with Crippen LogP contribution in [0.4, 0.5) is 0 Å². The van der Waals surface area contributed by atoms with Crippen LogP contribution in [0.25, 0.3) is 22.4 Å². The number of aryl methyl sites for hydroxylation is 1. The van der Waals surface area contributed by atoms with E-state index < -0.39 is 0 Å². The van der Waals surface area contributed by atoms with Crippen molar-refractivity contribution < 1.29 is 0 Å². The van der Waals surface area contributed by atoms with Crippen LogP contribution in [0, 0.1) is 59.2 Å². The molecule has 0 bridgehead atoms. The van der Waals surface area contributed by atoms with Crippen LogP contribution in [-0.2, 0) is 12.8 Å². The topological polar surface area (TPSA) is 12.9 Å². The van der Waals surface area contributed by atoms with Gasteiger partial charge in [0.1, 0.15) is 0 Å². The third-order valence-corrected chi connectivity index (χ3v) is 13.9. The molecule has 3 saturated carbocycles. The van der Waals surface area contributed by atoms with Crippen molar-refractivity contribution in [2.24, 2.45) is 52.3 Å². The van der Waals surface area contributed by atoms with Crippen molar-refractivity contribution in [2.45, 2.75) is 112 Å². The molecular weight excluding hydrogens is 530 g/mol. The van der Waals surface area contributed by atoms with Gasteiger partial charge in [-0.2, -0.15) is 0 Å². The van der Waals surface area contributed by atoms with E-state index in [0.29, 0.717) is 10.8 Å². The Balaban J connectivity index is 1.19. The molecule has 4 aliphatic rings. The van der Waals surface area contributed by atoms with Gasteiger partial charge >= 0.3 is 0 Å². The smallest absolute Gasteiger partial charge is 0.0711 e. The maximum atomic E-state index is 5.45. The van der Waals surface area contributed by atoms with Gasteiger partial charge in [-0.15, -0.1) is 0 Å². The molecule has 0 radical (unpaired) electrons. The molecule has 1 nitrogen and oxygen atoms in total.